The summed E-state index contributed by atoms with van der Waals surface area (Å²) in [4.78, 5) is 18.2. The van der Waals surface area contributed by atoms with E-state index in [-0.39, 0.29) is 0 Å². The molecule has 3 N–H and O–H groups in total. The number of H-pyrrole nitrogens is 1. The molecule has 5 rings (SSSR count). The molecule has 0 radical (unpaired) electrons. The number of nitrogen functional groups attached to an aromatic ring is 1. The van der Waals surface area contributed by atoms with Crippen LogP contribution in [0.1, 0.15) is 40.9 Å². The maximum absolute atomic E-state index is 6.02. The van der Waals surface area contributed by atoms with Gasteiger partial charge in [-0.3, -0.25) is 0 Å². The number of benzene rings is 2. The standard InChI is InChI=1S/C30H34N7/c1-36(2)26-15-17-37(18-16-26)20-25-13-9-23(10-14-25)6-4-3-5-22-7-11-24(12-8-22)19-27-34-29(31)28-30(35-27)33-21-32-28/h7-18,21H,3-6,19-20H2,1-2H3,(H3,31,32,33,34,35)/q+1. The maximum Gasteiger partial charge on any atom is 0.183 e. The molecule has 3 heterocycles. The number of nitrogens with two attached hydrogens (primary N) is 1. The molecule has 0 fully saturated rings. The summed E-state index contributed by atoms with van der Waals surface area (Å²) >= 11 is 0. The Morgan fingerprint density at radius 3 is 2.00 bits per heavy atom. The van der Waals surface area contributed by atoms with Gasteiger partial charge in [0.2, 0.25) is 0 Å². The van der Waals surface area contributed by atoms with Crippen LogP contribution in [0.15, 0.2) is 79.4 Å². The second kappa shape index (κ2) is 11.2. The van der Waals surface area contributed by atoms with Crippen molar-refractivity contribution in [2.24, 2.45) is 0 Å². The number of hydrogen-bond acceptors (Lipinski definition) is 5. The minimum Gasteiger partial charge on any atom is -0.382 e. The topological polar surface area (TPSA) is 87.6 Å². The lowest BCUT2D eigenvalue weighted by molar-refractivity contribution is -0.688. The monoisotopic (exact) mass is 492 g/mol. The number of hydrogen-bond donors (Lipinski definition) is 2. The fourth-order valence-electron chi connectivity index (χ4n) is 4.52. The quantitative estimate of drug-likeness (QED) is 0.222. The number of pyridine rings is 1. The molecule has 0 unspecified atom stereocenters. The van der Waals surface area contributed by atoms with Crippen molar-refractivity contribution in [1.82, 2.24) is 19.9 Å². The van der Waals surface area contributed by atoms with Crippen LogP contribution in [0, 0.1) is 0 Å². The summed E-state index contributed by atoms with van der Waals surface area (Å²) in [5.41, 5.74) is 13.8. The van der Waals surface area contributed by atoms with Crippen LogP contribution >= 0.6 is 0 Å². The van der Waals surface area contributed by atoms with E-state index in [0.717, 1.165) is 19.4 Å². The third-order valence-corrected chi connectivity index (χ3v) is 6.70. The zero-order valence-corrected chi connectivity index (χ0v) is 21.6. The summed E-state index contributed by atoms with van der Waals surface area (Å²) in [6.45, 7) is 0.890. The second-order valence-electron chi connectivity index (χ2n) is 9.77. The van der Waals surface area contributed by atoms with Crippen LogP contribution in [0.3, 0.4) is 0 Å². The highest BCUT2D eigenvalue weighted by molar-refractivity contribution is 5.80. The van der Waals surface area contributed by atoms with Gasteiger partial charge >= 0.3 is 0 Å². The number of aromatic nitrogens is 5. The molecule has 37 heavy (non-hydrogen) atoms. The molecule has 0 bridgehead atoms. The van der Waals surface area contributed by atoms with E-state index >= 15 is 0 Å². The van der Waals surface area contributed by atoms with E-state index < -0.39 is 0 Å². The summed E-state index contributed by atoms with van der Waals surface area (Å²) in [5, 5.41) is 0. The predicted octanol–water partition coefficient (Wildman–Crippen LogP) is 4.49. The largest absolute Gasteiger partial charge is 0.382 e. The lowest BCUT2D eigenvalue weighted by Gasteiger charge is -2.10. The first-order chi connectivity index (χ1) is 18.0. The Bertz CT molecular complexity index is 1440. The summed E-state index contributed by atoms with van der Waals surface area (Å²) < 4.78 is 2.22. The fourth-order valence-corrected chi connectivity index (χ4v) is 4.52. The highest BCUT2D eigenvalue weighted by atomic mass is 15.1. The normalized spacial score (nSPS) is 11.2. The molecule has 0 saturated heterocycles. The van der Waals surface area contributed by atoms with Crippen molar-refractivity contribution in [2.75, 3.05) is 24.7 Å². The van der Waals surface area contributed by atoms with Gasteiger partial charge in [0.05, 0.1) is 6.33 Å². The molecule has 188 valence electrons. The highest BCUT2D eigenvalue weighted by Gasteiger charge is 2.08. The lowest BCUT2D eigenvalue weighted by atomic mass is 10.0. The number of imidazole rings is 1. The molecule has 2 aromatic carbocycles. The minimum absolute atomic E-state index is 0.442. The van der Waals surface area contributed by atoms with Crippen LogP contribution in [0.2, 0.25) is 0 Å². The molecule has 5 aromatic rings. The molecule has 0 aliphatic rings. The number of unbranched alkanes of at least 4 members (excludes halogenated alkanes) is 1. The Balaban J connectivity index is 1.06. The number of nitrogens with one attached hydrogen (secondary N) is 1. The molecule has 0 atom stereocenters. The van der Waals surface area contributed by atoms with Crippen LogP contribution < -0.4 is 15.2 Å². The SMILES string of the molecule is CN(C)c1cc[n+](Cc2ccc(CCCCc3ccc(Cc4nc(N)c5[nH]cnc5n4)cc3)cc2)cc1. The summed E-state index contributed by atoms with van der Waals surface area (Å²) in [6, 6.07) is 22.1. The molecule has 7 heteroatoms. The molecule has 3 aromatic heterocycles. The van der Waals surface area contributed by atoms with Crippen molar-refractivity contribution in [1.29, 1.82) is 0 Å². The molecule has 0 aliphatic carbocycles. The Morgan fingerprint density at radius 2 is 1.38 bits per heavy atom. The van der Waals surface area contributed by atoms with Gasteiger partial charge in [-0.1, -0.05) is 48.5 Å². The van der Waals surface area contributed by atoms with E-state index in [1.54, 1.807) is 6.33 Å². The Kier molecular flexibility index (Phi) is 7.40. The van der Waals surface area contributed by atoms with Gasteiger partial charge in [-0.2, -0.15) is 0 Å². The van der Waals surface area contributed by atoms with E-state index in [4.69, 9.17) is 5.73 Å². The van der Waals surface area contributed by atoms with Gasteiger partial charge in [0.1, 0.15) is 11.3 Å². The summed E-state index contributed by atoms with van der Waals surface area (Å²) in [5.74, 6) is 1.13. The average molecular weight is 493 g/mol. The average Bonchev–Trinajstić information content (AvgIpc) is 3.38. The highest BCUT2D eigenvalue weighted by Crippen LogP contribution is 2.17. The van der Waals surface area contributed by atoms with E-state index in [2.05, 4.69) is 117 Å². The van der Waals surface area contributed by atoms with Crippen LogP contribution in [0.25, 0.3) is 11.2 Å². The van der Waals surface area contributed by atoms with E-state index in [1.165, 1.54) is 40.8 Å². The lowest BCUT2D eigenvalue weighted by Crippen LogP contribution is -2.33. The molecular weight excluding hydrogens is 458 g/mol. The first-order valence-corrected chi connectivity index (χ1v) is 12.8. The van der Waals surface area contributed by atoms with Crippen molar-refractivity contribution in [3.63, 3.8) is 0 Å². The molecule has 0 amide bonds. The number of fused-ring (bicyclic) bond motifs is 1. The van der Waals surface area contributed by atoms with Crippen molar-refractivity contribution in [3.05, 3.63) is 107 Å². The number of aryl methyl sites for hydroxylation is 2. The third-order valence-electron chi connectivity index (χ3n) is 6.70. The van der Waals surface area contributed by atoms with Gasteiger partial charge < -0.3 is 15.6 Å². The molecular formula is C30H34N7+. The number of nitrogens with zero attached hydrogens (tertiary/aromatic N) is 5. The molecule has 0 aliphatic heterocycles. The smallest absolute Gasteiger partial charge is 0.183 e. The van der Waals surface area contributed by atoms with E-state index in [9.17, 15) is 0 Å². The maximum atomic E-state index is 6.02. The van der Waals surface area contributed by atoms with Crippen molar-refractivity contribution in [2.45, 2.75) is 38.6 Å². The third kappa shape index (κ3) is 6.30. The Labute approximate surface area is 218 Å². The molecule has 0 spiro atoms. The number of aromatic amines is 1. The van der Waals surface area contributed by atoms with Crippen molar-refractivity contribution in [3.8, 4) is 0 Å². The Morgan fingerprint density at radius 1 is 0.784 bits per heavy atom. The second-order valence-corrected chi connectivity index (χ2v) is 9.77. The van der Waals surface area contributed by atoms with Gasteiger partial charge in [-0.05, 0) is 42.4 Å². The van der Waals surface area contributed by atoms with Gasteiger partial charge in [0, 0.05) is 43.9 Å². The number of rotatable bonds is 10. The van der Waals surface area contributed by atoms with Crippen LogP contribution in [-0.4, -0.2) is 34.0 Å². The zero-order chi connectivity index (χ0) is 25.6. The van der Waals surface area contributed by atoms with Crippen LogP contribution in [0.5, 0.6) is 0 Å². The van der Waals surface area contributed by atoms with Gasteiger partial charge in [0.25, 0.3) is 0 Å². The van der Waals surface area contributed by atoms with Crippen LogP contribution in [-0.2, 0) is 25.8 Å². The number of anilines is 2. The van der Waals surface area contributed by atoms with E-state index in [1.807, 2.05) is 0 Å². The van der Waals surface area contributed by atoms with Crippen molar-refractivity contribution >= 4 is 22.7 Å². The minimum atomic E-state index is 0.442. The predicted molar refractivity (Wildman–Crippen MR) is 148 cm³/mol. The first-order valence-electron chi connectivity index (χ1n) is 12.8. The van der Waals surface area contributed by atoms with Crippen LogP contribution in [0.4, 0.5) is 11.5 Å². The first kappa shape index (κ1) is 24.4. The fraction of sp³-hybridized carbons (Fsp3) is 0.267. The zero-order valence-electron chi connectivity index (χ0n) is 21.6. The Hall–Kier alpha value is -4.26. The summed E-state index contributed by atoms with van der Waals surface area (Å²) in [6.07, 6.45) is 11.1. The van der Waals surface area contributed by atoms with Crippen molar-refractivity contribution < 1.29 is 4.57 Å². The van der Waals surface area contributed by atoms with Gasteiger partial charge in [-0.15, -0.1) is 0 Å². The van der Waals surface area contributed by atoms with E-state index in [0.29, 0.717) is 29.2 Å². The van der Waals surface area contributed by atoms with Gasteiger partial charge in [0.15, 0.2) is 30.4 Å². The molecule has 0 saturated carbocycles. The summed E-state index contributed by atoms with van der Waals surface area (Å²) in [7, 11) is 4.12. The molecule has 7 nitrogen and oxygen atoms in total. The van der Waals surface area contributed by atoms with Gasteiger partial charge in [-0.25, -0.2) is 19.5 Å².